The van der Waals surface area contributed by atoms with Gasteiger partial charge >= 0.3 is 0 Å². The van der Waals surface area contributed by atoms with Gasteiger partial charge in [0.2, 0.25) is 6.29 Å². The molecule has 0 amide bonds. The number of furan rings is 1. The van der Waals surface area contributed by atoms with Crippen molar-refractivity contribution < 1.29 is 19.2 Å². The molecule has 19 heavy (non-hydrogen) atoms. The first-order chi connectivity index (χ1) is 9.42. The number of fused-ring (bicyclic) bond motifs is 1. The summed E-state index contributed by atoms with van der Waals surface area (Å²) in [5.41, 5.74) is 2.44. The van der Waals surface area contributed by atoms with Crippen molar-refractivity contribution in [2.24, 2.45) is 0 Å². The monoisotopic (exact) mass is 260 g/mol. The zero-order valence-corrected chi connectivity index (χ0v) is 10.7. The lowest BCUT2D eigenvalue weighted by molar-refractivity contribution is -0.685. The molecule has 0 bridgehead atoms. The van der Waals surface area contributed by atoms with Crippen LogP contribution < -0.4 is 5.32 Å². The predicted octanol–water partition coefficient (Wildman–Crippen LogP) is 1.42. The number of rotatable bonds is 4. The Labute approximate surface area is 112 Å². The van der Waals surface area contributed by atoms with Crippen LogP contribution in [0.4, 0.5) is 0 Å². The summed E-state index contributed by atoms with van der Waals surface area (Å²) >= 11 is 0. The molecule has 4 nitrogen and oxygen atoms in total. The molecule has 1 aliphatic heterocycles. The van der Waals surface area contributed by atoms with Crippen molar-refractivity contribution in [1.82, 2.24) is 0 Å². The van der Waals surface area contributed by atoms with Gasteiger partial charge in [0.05, 0.1) is 19.5 Å². The lowest BCUT2D eigenvalue weighted by Gasteiger charge is -2.13. The van der Waals surface area contributed by atoms with E-state index in [1.54, 1.807) is 6.26 Å². The Morgan fingerprint density at radius 1 is 1.00 bits per heavy atom. The molecule has 2 aromatic rings. The van der Waals surface area contributed by atoms with Crippen LogP contribution in [-0.2, 0) is 29.2 Å². The fourth-order valence-electron chi connectivity index (χ4n) is 2.18. The topological polar surface area (TPSA) is 48.2 Å². The average molecular weight is 260 g/mol. The number of quaternary nitrogens is 1. The van der Waals surface area contributed by atoms with E-state index in [4.69, 9.17) is 13.9 Å². The molecule has 0 fully saturated rings. The minimum Gasteiger partial charge on any atom is -0.463 e. The Balaban J connectivity index is 1.49. The first-order valence-electron chi connectivity index (χ1n) is 6.56. The molecule has 1 aromatic carbocycles. The van der Waals surface area contributed by atoms with Crippen LogP contribution in [0.15, 0.2) is 47.1 Å². The lowest BCUT2D eigenvalue weighted by Crippen LogP contribution is -2.85. The Morgan fingerprint density at radius 3 is 2.37 bits per heavy atom. The molecule has 0 aliphatic carbocycles. The van der Waals surface area contributed by atoms with E-state index in [-0.39, 0.29) is 6.29 Å². The smallest absolute Gasteiger partial charge is 0.208 e. The second-order valence-electron chi connectivity index (χ2n) is 4.63. The molecule has 100 valence electrons. The van der Waals surface area contributed by atoms with Gasteiger partial charge < -0.3 is 19.2 Å². The Morgan fingerprint density at radius 2 is 1.74 bits per heavy atom. The molecule has 0 unspecified atom stereocenters. The normalized spacial score (nSPS) is 16.0. The second kappa shape index (κ2) is 6.02. The number of benzene rings is 1. The molecule has 2 N–H and O–H groups in total. The zero-order valence-electron chi connectivity index (χ0n) is 10.7. The summed E-state index contributed by atoms with van der Waals surface area (Å²) < 4.78 is 16.8. The van der Waals surface area contributed by atoms with E-state index in [0.29, 0.717) is 13.2 Å². The lowest BCUT2D eigenvalue weighted by atomic mass is 10.1. The molecule has 0 radical (unpaired) electrons. The van der Waals surface area contributed by atoms with Gasteiger partial charge in [0.1, 0.15) is 13.1 Å². The quantitative estimate of drug-likeness (QED) is 0.904. The molecule has 2 heterocycles. The van der Waals surface area contributed by atoms with Crippen molar-refractivity contribution in [3.05, 3.63) is 59.5 Å². The van der Waals surface area contributed by atoms with Crippen molar-refractivity contribution in [3.63, 3.8) is 0 Å². The van der Waals surface area contributed by atoms with Crippen LogP contribution in [0.2, 0.25) is 0 Å². The third-order valence-electron chi connectivity index (χ3n) is 3.25. The molecule has 0 saturated heterocycles. The molecule has 1 aliphatic rings. The van der Waals surface area contributed by atoms with Crippen molar-refractivity contribution in [1.29, 1.82) is 0 Å². The van der Waals surface area contributed by atoms with E-state index in [0.717, 1.165) is 18.8 Å². The average Bonchev–Trinajstić information content (AvgIpc) is 2.87. The summed E-state index contributed by atoms with van der Waals surface area (Å²) in [7, 11) is 0. The van der Waals surface area contributed by atoms with Gasteiger partial charge in [-0.15, -0.1) is 0 Å². The largest absolute Gasteiger partial charge is 0.463 e. The van der Waals surface area contributed by atoms with Crippen LogP contribution in [0.5, 0.6) is 0 Å². The predicted molar refractivity (Wildman–Crippen MR) is 69.0 cm³/mol. The van der Waals surface area contributed by atoms with Crippen molar-refractivity contribution in [2.45, 2.75) is 26.0 Å². The fraction of sp³-hybridized carbons (Fsp3) is 0.333. The maximum atomic E-state index is 5.76. The maximum Gasteiger partial charge on any atom is 0.208 e. The van der Waals surface area contributed by atoms with Gasteiger partial charge in [0.25, 0.3) is 0 Å². The van der Waals surface area contributed by atoms with E-state index >= 15 is 0 Å². The SMILES string of the molecule is c1coc(C[NH2+]CC2OCc3ccccc3CO2)c1. The third-order valence-corrected chi connectivity index (χ3v) is 3.25. The van der Waals surface area contributed by atoms with Crippen LogP contribution in [0.1, 0.15) is 16.9 Å². The molecular weight excluding hydrogens is 242 g/mol. The van der Waals surface area contributed by atoms with Gasteiger partial charge in [0.15, 0.2) is 5.76 Å². The van der Waals surface area contributed by atoms with E-state index in [9.17, 15) is 0 Å². The minimum absolute atomic E-state index is 0.164. The standard InChI is InChI=1S/C15H17NO3/c1-2-5-13-11-19-15(18-10-12(13)4-1)9-16-8-14-6-3-7-17-14/h1-7,15-16H,8-11H2/p+1. The number of hydrogen-bond acceptors (Lipinski definition) is 3. The van der Waals surface area contributed by atoms with Crippen molar-refractivity contribution >= 4 is 0 Å². The highest BCUT2D eigenvalue weighted by Gasteiger charge is 2.18. The number of ether oxygens (including phenoxy) is 2. The highest BCUT2D eigenvalue weighted by atomic mass is 16.7. The van der Waals surface area contributed by atoms with Gasteiger partial charge in [0, 0.05) is 0 Å². The molecule has 0 spiro atoms. The number of nitrogens with two attached hydrogens (primary N) is 1. The molecule has 0 atom stereocenters. The van der Waals surface area contributed by atoms with Gasteiger partial charge in [-0.05, 0) is 23.3 Å². The van der Waals surface area contributed by atoms with Gasteiger partial charge in [-0.25, -0.2) is 0 Å². The first kappa shape index (κ1) is 12.4. The summed E-state index contributed by atoms with van der Waals surface area (Å²) in [5.74, 6) is 0.969. The molecule has 0 saturated carbocycles. The van der Waals surface area contributed by atoms with Crippen LogP contribution in [0.25, 0.3) is 0 Å². The molecule has 4 heteroatoms. The van der Waals surface area contributed by atoms with Gasteiger partial charge in [-0.2, -0.15) is 0 Å². The van der Waals surface area contributed by atoms with Crippen LogP contribution in [0.3, 0.4) is 0 Å². The fourth-order valence-corrected chi connectivity index (χ4v) is 2.18. The van der Waals surface area contributed by atoms with E-state index in [1.165, 1.54) is 11.1 Å². The first-order valence-corrected chi connectivity index (χ1v) is 6.56. The summed E-state index contributed by atoms with van der Waals surface area (Å²) in [5, 5.41) is 2.14. The molecule has 1 aromatic heterocycles. The Hall–Kier alpha value is -1.62. The molecular formula is C15H18NO3+. The Bertz CT molecular complexity index is 483. The minimum atomic E-state index is -0.164. The maximum absolute atomic E-state index is 5.76. The van der Waals surface area contributed by atoms with Crippen molar-refractivity contribution in [2.75, 3.05) is 6.54 Å². The third kappa shape index (κ3) is 3.23. The second-order valence-corrected chi connectivity index (χ2v) is 4.63. The van der Waals surface area contributed by atoms with Gasteiger partial charge in [-0.3, -0.25) is 0 Å². The van der Waals surface area contributed by atoms with Gasteiger partial charge in [-0.1, -0.05) is 24.3 Å². The van der Waals surface area contributed by atoms with Crippen LogP contribution in [-0.4, -0.2) is 12.8 Å². The van der Waals surface area contributed by atoms with E-state index in [2.05, 4.69) is 17.4 Å². The Kier molecular flexibility index (Phi) is 3.93. The van der Waals surface area contributed by atoms with E-state index < -0.39 is 0 Å². The highest BCUT2D eigenvalue weighted by Crippen LogP contribution is 2.17. The summed E-state index contributed by atoms with van der Waals surface area (Å²) in [6, 6.07) is 12.1. The number of hydrogen-bond donors (Lipinski definition) is 1. The van der Waals surface area contributed by atoms with Crippen LogP contribution >= 0.6 is 0 Å². The van der Waals surface area contributed by atoms with Crippen molar-refractivity contribution in [3.8, 4) is 0 Å². The summed E-state index contributed by atoms with van der Waals surface area (Å²) in [4.78, 5) is 0. The summed E-state index contributed by atoms with van der Waals surface area (Å²) in [6.07, 6.45) is 1.53. The highest BCUT2D eigenvalue weighted by molar-refractivity contribution is 5.26. The van der Waals surface area contributed by atoms with E-state index in [1.807, 2.05) is 24.3 Å². The molecule has 3 rings (SSSR count). The van der Waals surface area contributed by atoms with Crippen LogP contribution in [0, 0.1) is 0 Å². The zero-order chi connectivity index (χ0) is 12.9. The summed E-state index contributed by atoms with van der Waals surface area (Å²) in [6.45, 7) is 2.82.